The summed E-state index contributed by atoms with van der Waals surface area (Å²) in [6.45, 7) is 2.56. The zero-order valence-corrected chi connectivity index (χ0v) is 17.2. The molecule has 8 heteroatoms. The number of rotatable bonds is 7. The molecule has 0 aliphatic heterocycles. The Morgan fingerprint density at radius 2 is 1.79 bits per heavy atom. The van der Waals surface area contributed by atoms with Gasteiger partial charge in [-0.1, -0.05) is 23.4 Å². The molecular formula is C21H17ClN4O2S. The van der Waals surface area contributed by atoms with Gasteiger partial charge in [-0.3, -0.25) is 4.79 Å². The van der Waals surface area contributed by atoms with Crippen molar-refractivity contribution in [1.29, 1.82) is 0 Å². The highest BCUT2D eigenvalue weighted by Gasteiger charge is 2.12. The van der Waals surface area contributed by atoms with E-state index in [2.05, 4.69) is 15.3 Å². The Kier molecular flexibility index (Phi) is 5.78. The van der Waals surface area contributed by atoms with Gasteiger partial charge in [0.05, 0.1) is 12.4 Å². The Balaban J connectivity index is 1.53. The fourth-order valence-electron chi connectivity index (χ4n) is 2.75. The van der Waals surface area contributed by atoms with Crippen LogP contribution >= 0.6 is 23.4 Å². The number of nitrogens with zero attached hydrogens (tertiary/aromatic N) is 4. The van der Waals surface area contributed by atoms with Crippen LogP contribution in [0.3, 0.4) is 0 Å². The third kappa shape index (κ3) is 4.41. The van der Waals surface area contributed by atoms with E-state index >= 15 is 0 Å². The average Bonchev–Trinajstić information content (AvgIpc) is 3.16. The molecule has 0 aliphatic rings. The number of Topliss-reactive ketones (excluding diaryl/α,β-unsaturated/α-hetero) is 1. The maximum absolute atomic E-state index is 12.4. The smallest absolute Gasteiger partial charge is 0.185 e. The van der Waals surface area contributed by atoms with Crippen LogP contribution in [0.5, 0.6) is 5.75 Å². The number of thioether (sulfide) groups is 1. The third-order valence-corrected chi connectivity index (χ3v) is 5.35. The number of carbonyl (C=O) groups is 1. The van der Waals surface area contributed by atoms with Crippen LogP contribution in [-0.4, -0.2) is 38.0 Å². The van der Waals surface area contributed by atoms with Crippen molar-refractivity contribution < 1.29 is 9.53 Å². The monoisotopic (exact) mass is 424 g/mol. The summed E-state index contributed by atoms with van der Waals surface area (Å²) in [6.07, 6.45) is 0. The number of halogens is 1. The first-order valence-corrected chi connectivity index (χ1v) is 10.4. The van der Waals surface area contributed by atoms with Gasteiger partial charge in [0.1, 0.15) is 10.8 Å². The Hall–Kier alpha value is -2.90. The van der Waals surface area contributed by atoms with E-state index < -0.39 is 0 Å². The van der Waals surface area contributed by atoms with Crippen LogP contribution in [-0.2, 0) is 0 Å². The van der Waals surface area contributed by atoms with Gasteiger partial charge in [-0.25, -0.2) is 0 Å². The fraction of sp³-hybridized carbons (Fsp3) is 0.143. The van der Waals surface area contributed by atoms with E-state index in [0.717, 1.165) is 11.3 Å². The minimum absolute atomic E-state index is 0.0176. The maximum Gasteiger partial charge on any atom is 0.185 e. The summed E-state index contributed by atoms with van der Waals surface area (Å²) in [7, 11) is 0. The van der Waals surface area contributed by atoms with Crippen LogP contribution in [0.2, 0.25) is 5.02 Å². The standard InChI is InChI=1S/C21H17ClN4O2S/c1-2-28-17-9-5-15(6-10-17)21-24-23-19-11-12-20(25-26(19)21)29-13-18(27)14-3-7-16(22)8-4-14/h3-12H,2,13H2,1H3. The molecule has 146 valence electrons. The summed E-state index contributed by atoms with van der Waals surface area (Å²) in [6, 6.07) is 18.2. The number of fused-ring (bicyclic) bond motifs is 1. The fourth-order valence-corrected chi connectivity index (χ4v) is 3.63. The number of aromatic nitrogens is 4. The molecule has 0 saturated carbocycles. The molecule has 2 heterocycles. The summed E-state index contributed by atoms with van der Waals surface area (Å²) < 4.78 is 7.17. The summed E-state index contributed by atoms with van der Waals surface area (Å²) in [5, 5.41) is 14.4. The Morgan fingerprint density at radius 1 is 1.03 bits per heavy atom. The molecular weight excluding hydrogens is 408 g/mol. The zero-order valence-electron chi connectivity index (χ0n) is 15.6. The molecule has 2 aromatic carbocycles. The van der Waals surface area contributed by atoms with Crippen LogP contribution in [0.4, 0.5) is 0 Å². The quantitative estimate of drug-likeness (QED) is 0.313. The topological polar surface area (TPSA) is 69.4 Å². The second-order valence-electron chi connectivity index (χ2n) is 6.14. The van der Waals surface area contributed by atoms with Crippen molar-refractivity contribution in [2.75, 3.05) is 12.4 Å². The molecule has 0 radical (unpaired) electrons. The molecule has 0 saturated heterocycles. The highest BCUT2D eigenvalue weighted by atomic mass is 35.5. The maximum atomic E-state index is 12.4. The summed E-state index contributed by atoms with van der Waals surface area (Å²) in [5.74, 6) is 1.73. The molecule has 0 N–H and O–H groups in total. The van der Waals surface area contributed by atoms with E-state index in [1.807, 2.05) is 43.3 Å². The van der Waals surface area contributed by atoms with Gasteiger partial charge in [0.25, 0.3) is 0 Å². The van der Waals surface area contributed by atoms with Crippen LogP contribution in [0.1, 0.15) is 17.3 Å². The molecule has 0 bridgehead atoms. The van der Waals surface area contributed by atoms with Gasteiger partial charge in [0.2, 0.25) is 0 Å². The van der Waals surface area contributed by atoms with E-state index in [-0.39, 0.29) is 11.5 Å². The van der Waals surface area contributed by atoms with Gasteiger partial charge in [0.15, 0.2) is 17.3 Å². The largest absolute Gasteiger partial charge is 0.494 e. The zero-order chi connectivity index (χ0) is 20.2. The molecule has 0 unspecified atom stereocenters. The van der Waals surface area contributed by atoms with Gasteiger partial charge in [-0.05, 0) is 67.6 Å². The average molecular weight is 425 g/mol. The molecule has 0 atom stereocenters. The van der Waals surface area contributed by atoms with Crippen molar-refractivity contribution in [2.24, 2.45) is 0 Å². The molecule has 6 nitrogen and oxygen atoms in total. The molecule has 4 aromatic rings. The lowest BCUT2D eigenvalue weighted by atomic mass is 10.1. The molecule has 0 spiro atoms. The number of ether oxygens (including phenoxy) is 1. The highest BCUT2D eigenvalue weighted by molar-refractivity contribution is 7.99. The predicted molar refractivity (Wildman–Crippen MR) is 114 cm³/mol. The van der Waals surface area contributed by atoms with Gasteiger partial charge in [-0.15, -0.1) is 10.2 Å². The highest BCUT2D eigenvalue weighted by Crippen LogP contribution is 2.23. The molecule has 0 aliphatic carbocycles. The van der Waals surface area contributed by atoms with Crippen LogP contribution < -0.4 is 4.74 Å². The number of carbonyl (C=O) groups excluding carboxylic acids is 1. The number of hydrogen-bond acceptors (Lipinski definition) is 6. The predicted octanol–water partition coefficient (Wildman–Crippen LogP) is 4.82. The van der Waals surface area contributed by atoms with Gasteiger partial charge in [0, 0.05) is 16.1 Å². The van der Waals surface area contributed by atoms with E-state index in [9.17, 15) is 4.79 Å². The van der Waals surface area contributed by atoms with E-state index in [1.165, 1.54) is 11.8 Å². The molecule has 29 heavy (non-hydrogen) atoms. The molecule has 0 fully saturated rings. The first-order valence-electron chi connectivity index (χ1n) is 9.01. The van der Waals surface area contributed by atoms with Crippen LogP contribution in [0, 0.1) is 0 Å². The van der Waals surface area contributed by atoms with Crippen molar-refractivity contribution >= 4 is 34.8 Å². The van der Waals surface area contributed by atoms with Gasteiger partial charge < -0.3 is 4.74 Å². The van der Waals surface area contributed by atoms with E-state index in [1.54, 1.807) is 28.8 Å². The van der Waals surface area contributed by atoms with Crippen molar-refractivity contribution in [3.8, 4) is 17.1 Å². The Morgan fingerprint density at radius 3 is 2.52 bits per heavy atom. The lowest BCUT2D eigenvalue weighted by Crippen LogP contribution is -2.03. The lowest BCUT2D eigenvalue weighted by molar-refractivity contribution is 0.102. The van der Waals surface area contributed by atoms with Gasteiger partial charge >= 0.3 is 0 Å². The third-order valence-electron chi connectivity index (χ3n) is 4.18. The summed E-state index contributed by atoms with van der Waals surface area (Å²) >= 11 is 7.24. The van der Waals surface area contributed by atoms with Crippen molar-refractivity contribution in [1.82, 2.24) is 19.8 Å². The Bertz CT molecular complexity index is 1140. The van der Waals surface area contributed by atoms with Crippen molar-refractivity contribution in [3.05, 3.63) is 71.2 Å². The minimum atomic E-state index is 0.0176. The van der Waals surface area contributed by atoms with Crippen LogP contribution in [0.25, 0.3) is 17.0 Å². The molecule has 0 amide bonds. The molecule has 4 rings (SSSR count). The SMILES string of the molecule is CCOc1ccc(-c2nnc3ccc(SCC(=O)c4ccc(Cl)cc4)nn23)cc1. The number of benzene rings is 2. The normalized spacial score (nSPS) is 11.0. The second kappa shape index (κ2) is 8.63. The summed E-state index contributed by atoms with van der Waals surface area (Å²) in [4.78, 5) is 12.4. The summed E-state index contributed by atoms with van der Waals surface area (Å²) in [5.41, 5.74) is 2.15. The van der Waals surface area contributed by atoms with Crippen molar-refractivity contribution in [2.45, 2.75) is 11.9 Å². The van der Waals surface area contributed by atoms with Gasteiger partial charge in [-0.2, -0.15) is 9.61 Å². The Labute approximate surface area is 176 Å². The number of ketones is 1. The van der Waals surface area contributed by atoms with E-state index in [0.29, 0.717) is 33.7 Å². The number of hydrogen-bond donors (Lipinski definition) is 0. The lowest BCUT2D eigenvalue weighted by Gasteiger charge is -2.05. The van der Waals surface area contributed by atoms with Crippen LogP contribution in [0.15, 0.2) is 65.7 Å². The first kappa shape index (κ1) is 19.4. The second-order valence-corrected chi connectivity index (χ2v) is 7.57. The minimum Gasteiger partial charge on any atom is -0.494 e. The van der Waals surface area contributed by atoms with E-state index in [4.69, 9.17) is 16.3 Å². The first-order chi connectivity index (χ1) is 14.1. The van der Waals surface area contributed by atoms with Crippen molar-refractivity contribution in [3.63, 3.8) is 0 Å². The molecule has 2 aromatic heterocycles.